The SMILES string of the molecule is Cc1cc(C#N)nc(N2CCN[C@@H](C)C2)n1. The first-order valence-corrected chi connectivity index (χ1v) is 5.43. The number of rotatable bonds is 1. The Morgan fingerprint density at radius 1 is 1.56 bits per heavy atom. The molecule has 16 heavy (non-hydrogen) atoms. The number of nitriles is 1. The van der Waals surface area contributed by atoms with Crippen molar-refractivity contribution in [2.45, 2.75) is 19.9 Å². The number of anilines is 1. The molecule has 0 aliphatic carbocycles. The third-order valence-electron chi connectivity index (χ3n) is 2.61. The van der Waals surface area contributed by atoms with Crippen molar-refractivity contribution >= 4 is 5.95 Å². The smallest absolute Gasteiger partial charge is 0.226 e. The van der Waals surface area contributed by atoms with Crippen LogP contribution in [-0.2, 0) is 0 Å². The number of aromatic nitrogens is 2. The standard InChI is InChI=1S/C11H15N5/c1-8-5-10(6-12)15-11(14-8)16-4-3-13-9(2)7-16/h5,9,13H,3-4,7H2,1-2H3/t9-/m0/s1. The molecule has 0 saturated carbocycles. The van der Waals surface area contributed by atoms with E-state index in [0.717, 1.165) is 25.3 Å². The Morgan fingerprint density at radius 3 is 3.06 bits per heavy atom. The molecule has 2 rings (SSSR count). The monoisotopic (exact) mass is 217 g/mol. The van der Waals surface area contributed by atoms with E-state index in [1.165, 1.54) is 0 Å². The molecule has 0 spiro atoms. The molecule has 0 amide bonds. The molecule has 84 valence electrons. The van der Waals surface area contributed by atoms with Gasteiger partial charge in [0.2, 0.25) is 5.95 Å². The van der Waals surface area contributed by atoms with E-state index in [9.17, 15) is 0 Å². The van der Waals surface area contributed by atoms with Gasteiger partial charge in [0.25, 0.3) is 0 Å². The molecule has 1 aliphatic heterocycles. The van der Waals surface area contributed by atoms with Gasteiger partial charge >= 0.3 is 0 Å². The third-order valence-corrected chi connectivity index (χ3v) is 2.61. The highest BCUT2D eigenvalue weighted by Crippen LogP contribution is 2.12. The first-order chi connectivity index (χ1) is 7.69. The minimum Gasteiger partial charge on any atom is -0.338 e. The zero-order valence-electron chi connectivity index (χ0n) is 9.56. The molecular formula is C11H15N5. The average molecular weight is 217 g/mol. The second-order valence-corrected chi connectivity index (χ2v) is 4.11. The van der Waals surface area contributed by atoms with Crippen LogP contribution in [0.15, 0.2) is 6.07 Å². The first kappa shape index (κ1) is 10.8. The summed E-state index contributed by atoms with van der Waals surface area (Å²) in [7, 11) is 0. The van der Waals surface area contributed by atoms with Crippen LogP contribution in [-0.4, -0.2) is 35.6 Å². The summed E-state index contributed by atoms with van der Waals surface area (Å²) in [4.78, 5) is 10.7. The van der Waals surface area contributed by atoms with Gasteiger partial charge in [0, 0.05) is 31.4 Å². The quantitative estimate of drug-likeness (QED) is 0.740. The molecule has 0 radical (unpaired) electrons. The molecule has 1 N–H and O–H groups in total. The van der Waals surface area contributed by atoms with Crippen molar-refractivity contribution in [3.63, 3.8) is 0 Å². The number of hydrogen-bond acceptors (Lipinski definition) is 5. The Balaban J connectivity index is 2.26. The Labute approximate surface area is 95.1 Å². The van der Waals surface area contributed by atoms with Crippen LogP contribution in [0.5, 0.6) is 0 Å². The normalized spacial score (nSPS) is 20.6. The van der Waals surface area contributed by atoms with Gasteiger partial charge in [0.05, 0.1) is 0 Å². The average Bonchev–Trinajstić information content (AvgIpc) is 2.28. The van der Waals surface area contributed by atoms with E-state index < -0.39 is 0 Å². The lowest BCUT2D eigenvalue weighted by Crippen LogP contribution is -2.49. The second-order valence-electron chi connectivity index (χ2n) is 4.11. The highest BCUT2D eigenvalue weighted by Gasteiger charge is 2.18. The van der Waals surface area contributed by atoms with Crippen LogP contribution in [0.2, 0.25) is 0 Å². The fourth-order valence-electron chi connectivity index (χ4n) is 1.87. The van der Waals surface area contributed by atoms with Crippen molar-refractivity contribution in [2.24, 2.45) is 0 Å². The number of aryl methyl sites for hydroxylation is 1. The van der Waals surface area contributed by atoms with Crippen LogP contribution in [0, 0.1) is 18.3 Å². The Morgan fingerprint density at radius 2 is 2.38 bits per heavy atom. The van der Waals surface area contributed by atoms with Crippen molar-refractivity contribution < 1.29 is 0 Å². The number of piperazine rings is 1. The highest BCUT2D eigenvalue weighted by atomic mass is 15.3. The van der Waals surface area contributed by atoms with Crippen molar-refractivity contribution in [2.75, 3.05) is 24.5 Å². The molecule has 1 saturated heterocycles. The molecule has 1 fully saturated rings. The molecule has 1 aliphatic rings. The van der Waals surface area contributed by atoms with Crippen molar-refractivity contribution in [3.05, 3.63) is 17.5 Å². The van der Waals surface area contributed by atoms with Crippen LogP contribution in [0.1, 0.15) is 18.3 Å². The van der Waals surface area contributed by atoms with Gasteiger partial charge in [-0.3, -0.25) is 0 Å². The van der Waals surface area contributed by atoms with E-state index in [1.807, 2.05) is 6.92 Å². The Hall–Kier alpha value is -1.67. The molecule has 1 atom stereocenters. The summed E-state index contributed by atoms with van der Waals surface area (Å²) in [6, 6.07) is 4.20. The Bertz CT molecular complexity index is 423. The van der Waals surface area contributed by atoms with Crippen molar-refractivity contribution in [1.29, 1.82) is 5.26 Å². The van der Waals surface area contributed by atoms with Gasteiger partial charge in [0.1, 0.15) is 11.8 Å². The maximum absolute atomic E-state index is 8.87. The molecule has 2 heterocycles. The first-order valence-electron chi connectivity index (χ1n) is 5.43. The van der Waals surface area contributed by atoms with Gasteiger partial charge in [-0.05, 0) is 19.9 Å². The number of nitrogens with zero attached hydrogens (tertiary/aromatic N) is 4. The van der Waals surface area contributed by atoms with E-state index in [4.69, 9.17) is 5.26 Å². The second kappa shape index (κ2) is 4.45. The molecule has 1 aromatic rings. The zero-order chi connectivity index (χ0) is 11.5. The maximum atomic E-state index is 8.87. The van der Waals surface area contributed by atoms with Crippen LogP contribution in [0.3, 0.4) is 0 Å². The van der Waals surface area contributed by atoms with Gasteiger partial charge in [-0.2, -0.15) is 5.26 Å². The van der Waals surface area contributed by atoms with E-state index >= 15 is 0 Å². The summed E-state index contributed by atoms with van der Waals surface area (Å²) in [5.74, 6) is 0.671. The Kier molecular flexibility index (Phi) is 3.02. The lowest BCUT2D eigenvalue weighted by molar-refractivity contribution is 0.479. The fourth-order valence-corrected chi connectivity index (χ4v) is 1.87. The largest absolute Gasteiger partial charge is 0.338 e. The minimum absolute atomic E-state index is 0.434. The number of hydrogen-bond donors (Lipinski definition) is 1. The summed E-state index contributed by atoms with van der Waals surface area (Å²) in [5.41, 5.74) is 1.28. The van der Waals surface area contributed by atoms with Crippen LogP contribution in [0.25, 0.3) is 0 Å². The van der Waals surface area contributed by atoms with Crippen LogP contribution in [0.4, 0.5) is 5.95 Å². The summed E-state index contributed by atoms with van der Waals surface area (Å²) < 4.78 is 0. The molecular weight excluding hydrogens is 202 g/mol. The van der Waals surface area contributed by atoms with Crippen molar-refractivity contribution in [3.8, 4) is 6.07 Å². The number of nitrogens with one attached hydrogen (secondary N) is 1. The van der Waals surface area contributed by atoms with E-state index in [1.54, 1.807) is 6.07 Å². The van der Waals surface area contributed by atoms with Gasteiger partial charge < -0.3 is 10.2 Å². The summed E-state index contributed by atoms with van der Waals surface area (Å²) in [6.45, 7) is 6.72. The third kappa shape index (κ3) is 2.28. The molecule has 0 unspecified atom stereocenters. The van der Waals surface area contributed by atoms with Gasteiger partial charge in [-0.15, -0.1) is 0 Å². The zero-order valence-corrected chi connectivity index (χ0v) is 9.56. The molecule has 5 heteroatoms. The summed E-state index contributed by atoms with van der Waals surface area (Å²) in [5, 5.41) is 12.2. The van der Waals surface area contributed by atoms with Crippen LogP contribution < -0.4 is 10.2 Å². The molecule has 0 bridgehead atoms. The summed E-state index contributed by atoms with van der Waals surface area (Å²) in [6.07, 6.45) is 0. The molecule has 0 aromatic carbocycles. The van der Waals surface area contributed by atoms with Crippen LogP contribution >= 0.6 is 0 Å². The summed E-state index contributed by atoms with van der Waals surface area (Å²) >= 11 is 0. The van der Waals surface area contributed by atoms with E-state index in [-0.39, 0.29) is 0 Å². The predicted octanol–water partition coefficient (Wildman–Crippen LogP) is 0.455. The predicted molar refractivity (Wildman–Crippen MR) is 61.2 cm³/mol. The van der Waals surface area contributed by atoms with Gasteiger partial charge in [-0.1, -0.05) is 0 Å². The molecule has 1 aromatic heterocycles. The van der Waals surface area contributed by atoms with E-state index in [0.29, 0.717) is 17.7 Å². The molecule has 5 nitrogen and oxygen atoms in total. The lowest BCUT2D eigenvalue weighted by Gasteiger charge is -2.31. The van der Waals surface area contributed by atoms with Crippen molar-refractivity contribution in [1.82, 2.24) is 15.3 Å². The lowest BCUT2D eigenvalue weighted by atomic mass is 10.2. The highest BCUT2D eigenvalue weighted by molar-refractivity contribution is 5.36. The van der Waals surface area contributed by atoms with Gasteiger partial charge in [0.15, 0.2) is 0 Å². The maximum Gasteiger partial charge on any atom is 0.226 e. The topological polar surface area (TPSA) is 64.8 Å². The van der Waals surface area contributed by atoms with E-state index in [2.05, 4.69) is 33.2 Å². The minimum atomic E-state index is 0.434. The van der Waals surface area contributed by atoms with Gasteiger partial charge in [-0.25, -0.2) is 9.97 Å². The fraction of sp³-hybridized carbons (Fsp3) is 0.545.